The van der Waals surface area contributed by atoms with Crippen molar-refractivity contribution in [1.29, 1.82) is 0 Å². The van der Waals surface area contributed by atoms with Gasteiger partial charge in [0.05, 0.1) is 36.2 Å². The van der Waals surface area contributed by atoms with Crippen LogP contribution >= 0.6 is 0 Å². The summed E-state index contributed by atoms with van der Waals surface area (Å²) in [5.74, 6) is 0.824. The van der Waals surface area contributed by atoms with Crippen LogP contribution in [0.5, 0.6) is 0 Å². The molecule has 281 valence electrons. The number of nitrogens with zero attached hydrogens (tertiary/aromatic N) is 3. The van der Waals surface area contributed by atoms with Gasteiger partial charge < -0.3 is 14.0 Å². The third-order valence-electron chi connectivity index (χ3n) is 10.1. The predicted octanol–water partition coefficient (Wildman–Crippen LogP) is 12.8. The van der Waals surface area contributed by atoms with Gasteiger partial charge in [-0.2, -0.15) is 0 Å². The van der Waals surface area contributed by atoms with Crippen molar-refractivity contribution in [3.05, 3.63) is 169 Å². The van der Waals surface area contributed by atoms with Crippen molar-refractivity contribution in [1.82, 2.24) is 14.5 Å². The Bertz CT molecular complexity index is 2770. The standard InChI is InChI=1S/C35H27N2O.C15H18NSi.Ir/c1-35(2,3)28-19-12-16-24(23-13-5-4-6-14-23)32(28)37-30-21-9-8-20-29(30)36-34(37)27-18-11-17-26-25-15-7-10-22-31(25)38-33(26)27;1-12-5-7-13(8-6-12)15-10-9-14(11-16-15)17(2,3)4;/h4-17,19-22H,1-3H3;5-7,9-11H,1-4H3;/q2*-1;. The predicted molar refractivity (Wildman–Crippen MR) is 233 cm³/mol. The average molecular weight is 924 g/mol. The molecule has 0 bridgehead atoms. The number of aryl methyl sites for hydroxylation is 1. The van der Waals surface area contributed by atoms with Crippen molar-refractivity contribution >= 4 is 46.2 Å². The van der Waals surface area contributed by atoms with E-state index in [-0.39, 0.29) is 25.5 Å². The molecule has 0 amide bonds. The fourth-order valence-corrected chi connectivity index (χ4v) is 8.21. The Hall–Kier alpha value is -5.39. The zero-order chi connectivity index (χ0) is 38.3. The number of pyridine rings is 1. The minimum Gasteiger partial charge on any atom is -0.501 e. The molecule has 6 heteroatoms. The van der Waals surface area contributed by atoms with Crippen molar-refractivity contribution in [3.63, 3.8) is 0 Å². The molecule has 0 aliphatic rings. The first-order chi connectivity index (χ1) is 26.5. The molecule has 0 N–H and O–H groups in total. The van der Waals surface area contributed by atoms with E-state index >= 15 is 0 Å². The van der Waals surface area contributed by atoms with Gasteiger partial charge in [0.2, 0.25) is 0 Å². The van der Waals surface area contributed by atoms with E-state index in [1.807, 2.05) is 36.5 Å². The van der Waals surface area contributed by atoms with Crippen molar-refractivity contribution < 1.29 is 24.5 Å². The summed E-state index contributed by atoms with van der Waals surface area (Å²) in [5.41, 5.74) is 12.4. The first kappa shape index (κ1) is 38.9. The molecule has 0 saturated carbocycles. The SMILES string of the molecule is CC(C)(C)c1cccc(-c2ccccc2)c1-n1c(-c2[c-]ccc3c2oc2ccccc23)nc2ccccc21.Cc1c[c-]c(-c2ccc([Si](C)(C)C)cn2)cc1.[Ir]. The Morgan fingerprint density at radius 2 is 1.46 bits per heavy atom. The van der Waals surface area contributed by atoms with Crippen LogP contribution < -0.4 is 5.19 Å². The molecule has 0 spiro atoms. The summed E-state index contributed by atoms with van der Waals surface area (Å²) in [6.45, 7) is 15.9. The van der Waals surface area contributed by atoms with Gasteiger partial charge in [-0.1, -0.05) is 149 Å². The first-order valence-corrected chi connectivity index (χ1v) is 22.4. The monoisotopic (exact) mass is 924 g/mol. The second kappa shape index (κ2) is 15.6. The van der Waals surface area contributed by atoms with Gasteiger partial charge in [0.15, 0.2) is 0 Å². The Kier molecular flexibility index (Phi) is 10.8. The van der Waals surface area contributed by atoms with Gasteiger partial charge in [0.1, 0.15) is 5.58 Å². The fourth-order valence-electron chi connectivity index (χ4n) is 7.18. The molecule has 0 aliphatic heterocycles. The second-order valence-electron chi connectivity index (χ2n) is 16.2. The van der Waals surface area contributed by atoms with E-state index in [0.717, 1.165) is 61.3 Å². The molecule has 6 aromatic carbocycles. The van der Waals surface area contributed by atoms with Gasteiger partial charge in [-0.05, 0) is 45.6 Å². The zero-order valence-corrected chi connectivity index (χ0v) is 36.3. The third-order valence-corrected chi connectivity index (χ3v) is 12.2. The molecule has 3 heterocycles. The molecule has 0 saturated heterocycles. The molecule has 1 radical (unpaired) electrons. The van der Waals surface area contributed by atoms with Crippen LogP contribution in [0, 0.1) is 19.1 Å². The Morgan fingerprint density at radius 1 is 0.714 bits per heavy atom. The van der Waals surface area contributed by atoms with Crippen LogP contribution in [0.1, 0.15) is 31.9 Å². The molecule has 0 aliphatic carbocycles. The third kappa shape index (κ3) is 7.57. The van der Waals surface area contributed by atoms with Crippen LogP contribution in [-0.2, 0) is 25.5 Å². The molecular formula is C50H45IrN3OSi-2. The Morgan fingerprint density at radius 3 is 2.18 bits per heavy atom. The van der Waals surface area contributed by atoms with Crippen LogP contribution in [0.3, 0.4) is 0 Å². The number of rotatable bonds is 5. The number of furan rings is 1. The maximum Gasteiger partial charge on any atom is 0.120 e. The molecule has 56 heavy (non-hydrogen) atoms. The summed E-state index contributed by atoms with van der Waals surface area (Å²) in [5, 5.41) is 3.56. The van der Waals surface area contributed by atoms with E-state index in [1.165, 1.54) is 27.4 Å². The number of hydrogen-bond donors (Lipinski definition) is 0. The topological polar surface area (TPSA) is 43.9 Å². The number of fused-ring (bicyclic) bond motifs is 4. The minimum atomic E-state index is -1.24. The van der Waals surface area contributed by atoms with E-state index in [4.69, 9.17) is 9.40 Å². The van der Waals surface area contributed by atoms with Crippen LogP contribution in [0.2, 0.25) is 19.6 Å². The van der Waals surface area contributed by atoms with E-state index in [2.05, 4.69) is 178 Å². The van der Waals surface area contributed by atoms with Gasteiger partial charge >= 0.3 is 0 Å². The first-order valence-electron chi connectivity index (χ1n) is 18.9. The summed E-state index contributed by atoms with van der Waals surface area (Å²) >= 11 is 0. The van der Waals surface area contributed by atoms with Crippen LogP contribution in [-0.4, -0.2) is 22.6 Å². The molecule has 3 aromatic heterocycles. The summed E-state index contributed by atoms with van der Waals surface area (Å²) < 4.78 is 8.77. The van der Waals surface area contributed by atoms with Crippen LogP contribution in [0.25, 0.3) is 72.4 Å². The molecule has 0 atom stereocenters. The molecule has 9 aromatic rings. The van der Waals surface area contributed by atoms with Crippen molar-refractivity contribution in [2.24, 2.45) is 0 Å². The number of imidazole rings is 1. The van der Waals surface area contributed by atoms with E-state index in [0.29, 0.717) is 0 Å². The summed E-state index contributed by atoms with van der Waals surface area (Å²) in [6.07, 6.45) is 2.02. The van der Waals surface area contributed by atoms with Gasteiger partial charge in [0, 0.05) is 37.3 Å². The van der Waals surface area contributed by atoms with Crippen LogP contribution in [0.4, 0.5) is 0 Å². The summed E-state index contributed by atoms with van der Waals surface area (Å²) in [6, 6.07) is 55.1. The Labute approximate surface area is 344 Å². The minimum absolute atomic E-state index is 0. The van der Waals surface area contributed by atoms with Crippen molar-refractivity contribution in [2.75, 3.05) is 0 Å². The largest absolute Gasteiger partial charge is 0.501 e. The van der Waals surface area contributed by atoms with Crippen LogP contribution in [0.15, 0.2) is 150 Å². The number of hydrogen-bond acceptors (Lipinski definition) is 3. The number of aromatic nitrogens is 3. The normalized spacial score (nSPS) is 11.7. The van der Waals surface area contributed by atoms with E-state index < -0.39 is 8.07 Å². The second-order valence-corrected chi connectivity index (χ2v) is 21.3. The van der Waals surface area contributed by atoms with E-state index in [1.54, 1.807) is 0 Å². The van der Waals surface area contributed by atoms with Crippen molar-refractivity contribution in [2.45, 2.75) is 52.8 Å². The number of benzene rings is 6. The summed E-state index contributed by atoms with van der Waals surface area (Å²) in [7, 11) is -1.24. The quantitative estimate of drug-likeness (QED) is 0.128. The molecule has 0 unspecified atom stereocenters. The average Bonchev–Trinajstić information content (AvgIpc) is 3.77. The smallest absolute Gasteiger partial charge is 0.120 e. The maximum atomic E-state index is 6.45. The van der Waals surface area contributed by atoms with Gasteiger partial charge in [-0.3, -0.25) is 4.98 Å². The summed E-state index contributed by atoms with van der Waals surface area (Å²) in [4.78, 5) is 9.76. The van der Waals surface area contributed by atoms with Gasteiger partial charge in [0.25, 0.3) is 0 Å². The van der Waals surface area contributed by atoms with Gasteiger partial charge in [-0.15, -0.1) is 53.6 Å². The Balaban J connectivity index is 0.000000225. The number of para-hydroxylation sites is 4. The molecular weight excluding hydrogens is 879 g/mol. The fraction of sp³-hybridized carbons (Fsp3) is 0.160. The van der Waals surface area contributed by atoms with Gasteiger partial charge in [-0.25, -0.2) is 0 Å². The van der Waals surface area contributed by atoms with E-state index in [9.17, 15) is 0 Å². The molecule has 0 fully saturated rings. The zero-order valence-electron chi connectivity index (χ0n) is 32.9. The molecule has 9 rings (SSSR count). The molecule has 4 nitrogen and oxygen atoms in total. The maximum absolute atomic E-state index is 6.45. The van der Waals surface area contributed by atoms with Crippen molar-refractivity contribution in [3.8, 4) is 39.5 Å².